The molecule has 0 aromatic rings. The monoisotopic (exact) mass is 156 g/mol. The van der Waals surface area contributed by atoms with Crippen LogP contribution < -0.4 is 5.73 Å². The van der Waals surface area contributed by atoms with Gasteiger partial charge < -0.3 is 4.74 Å². The fraction of sp³-hybridized carbons (Fsp3) is 0.875. The van der Waals surface area contributed by atoms with E-state index >= 15 is 0 Å². The molecule has 1 unspecified atom stereocenters. The highest BCUT2D eigenvalue weighted by Gasteiger charge is 2.30. The van der Waals surface area contributed by atoms with E-state index in [1.807, 2.05) is 0 Å². The molecule has 0 aliphatic heterocycles. The van der Waals surface area contributed by atoms with Crippen LogP contribution in [0.4, 0.5) is 0 Å². The Morgan fingerprint density at radius 3 is 2.73 bits per heavy atom. The lowest BCUT2D eigenvalue weighted by Crippen LogP contribution is -2.36. The molecule has 63 valence electrons. The fourth-order valence-electron chi connectivity index (χ4n) is 1.20. The highest BCUT2D eigenvalue weighted by Crippen LogP contribution is 2.29. The maximum atomic E-state index is 11.0. The van der Waals surface area contributed by atoms with Crippen LogP contribution in [0.2, 0.25) is 0 Å². The fourth-order valence-corrected chi connectivity index (χ4v) is 1.20. The van der Waals surface area contributed by atoms with Crippen molar-refractivity contribution < 1.29 is 9.53 Å². The van der Waals surface area contributed by atoms with Gasteiger partial charge in [0.25, 0.3) is 0 Å². The van der Waals surface area contributed by atoms with Gasteiger partial charge >= 0.3 is 5.97 Å². The lowest BCUT2D eigenvalue weighted by molar-refractivity contribution is -0.147. The zero-order valence-electron chi connectivity index (χ0n) is 6.80. The molecule has 0 aromatic heterocycles. The van der Waals surface area contributed by atoms with Gasteiger partial charge in [-0.1, -0.05) is 6.42 Å². The van der Waals surface area contributed by atoms with Gasteiger partial charge in [0.15, 0.2) is 0 Å². The lowest BCUT2D eigenvalue weighted by atomic mass is 9.80. The maximum Gasteiger partial charge on any atom is 0.324 e. The Labute approximate surface area is 66.9 Å². The number of carbonyl (C=O) groups is 1. The van der Waals surface area contributed by atoms with Crippen LogP contribution in [0.5, 0.6) is 0 Å². The average molecular weight is 156 g/mol. The van der Waals surface area contributed by atoms with E-state index in [9.17, 15) is 4.79 Å². The maximum absolute atomic E-state index is 11.0. The molecular formula is C8H14NO2. The predicted molar refractivity (Wildman–Crippen MR) is 40.9 cm³/mol. The van der Waals surface area contributed by atoms with Gasteiger partial charge in [-0.25, -0.2) is 5.73 Å². The molecule has 1 N–H and O–H groups in total. The summed E-state index contributed by atoms with van der Waals surface area (Å²) in [5.41, 5.74) is 7.46. The minimum atomic E-state index is -0.622. The largest absolute Gasteiger partial charge is 0.465 e. The zero-order chi connectivity index (χ0) is 8.27. The SMILES string of the molecule is CCOC(=O)C([NH])C1CCC1. The van der Waals surface area contributed by atoms with E-state index in [4.69, 9.17) is 10.5 Å². The quantitative estimate of drug-likeness (QED) is 0.572. The van der Waals surface area contributed by atoms with Crippen LogP contribution in [0.1, 0.15) is 26.2 Å². The molecule has 3 heteroatoms. The zero-order valence-corrected chi connectivity index (χ0v) is 6.80. The molecule has 0 amide bonds. The second kappa shape index (κ2) is 3.72. The molecular weight excluding hydrogens is 142 g/mol. The van der Waals surface area contributed by atoms with Crippen LogP contribution in [-0.4, -0.2) is 18.6 Å². The second-order valence-corrected chi connectivity index (χ2v) is 2.92. The summed E-state index contributed by atoms with van der Waals surface area (Å²) in [5, 5.41) is 0. The van der Waals surface area contributed by atoms with Crippen molar-refractivity contribution in [1.29, 1.82) is 0 Å². The first-order valence-corrected chi connectivity index (χ1v) is 4.13. The number of hydrogen-bond acceptors (Lipinski definition) is 2. The minimum absolute atomic E-state index is 0.272. The van der Waals surface area contributed by atoms with Crippen molar-refractivity contribution in [2.24, 2.45) is 5.92 Å². The highest BCUT2D eigenvalue weighted by atomic mass is 16.5. The second-order valence-electron chi connectivity index (χ2n) is 2.92. The summed E-state index contributed by atoms with van der Waals surface area (Å²) in [6.07, 6.45) is 3.21. The molecule has 1 fully saturated rings. The normalized spacial score (nSPS) is 20.5. The summed E-state index contributed by atoms with van der Waals surface area (Å²) < 4.78 is 4.73. The van der Waals surface area contributed by atoms with Gasteiger partial charge in [-0.2, -0.15) is 0 Å². The molecule has 1 radical (unpaired) electrons. The van der Waals surface area contributed by atoms with Crippen molar-refractivity contribution in [2.75, 3.05) is 6.61 Å². The Morgan fingerprint density at radius 1 is 1.73 bits per heavy atom. The number of nitrogens with one attached hydrogen (secondary N) is 1. The summed E-state index contributed by atoms with van der Waals surface area (Å²) in [4.78, 5) is 11.0. The van der Waals surface area contributed by atoms with Crippen molar-refractivity contribution in [2.45, 2.75) is 32.2 Å². The Kier molecular flexibility index (Phi) is 2.88. The summed E-state index contributed by atoms with van der Waals surface area (Å²) in [6, 6.07) is -0.622. The average Bonchev–Trinajstić information content (AvgIpc) is 1.84. The molecule has 1 atom stereocenters. The molecule has 0 saturated heterocycles. The van der Waals surface area contributed by atoms with Crippen LogP contribution in [0, 0.1) is 5.92 Å². The molecule has 1 aliphatic rings. The third-order valence-electron chi connectivity index (χ3n) is 2.16. The number of hydrogen-bond donors (Lipinski definition) is 0. The van der Waals surface area contributed by atoms with Crippen LogP contribution in [0.15, 0.2) is 0 Å². The van der Waals surface area contributed by atoms with Gasteiger partial charge in [0.2, 0.25) is 0 Å². The third kappa shape index (κ3) is 1.93. The van der Waals surface area contributed by atoms with E-state index in [-0.39, 0.29) is 11.9 Å². The van der Waals surface area contributed by atoms with Gasteiger partial charge in [-0.15, -0.1) is 0 Å². The van der Waals surface area contributed by atoms with Crippen molar-refractivity contribution >= 4 is 5.97 Å². The summed E-state index contributed by atoms with van der Waals surface area (Å²) >= 11 is 0. The van der Waals surface area contributed by atoms with E-state index in [0.717, 1.165) is 12.8 Å². The van der Waals surface area contributed by atoms with Gasteiger partial charge in [-0.3, -0.25) is 4.79 Å². The molecule has 1 rings (SSSR count). The number of ether oxygens (including phenoxy) is 1. The summed E-state index contributed by atoms with van der Waals surface area (Å²) in [7, 11) is 0. The van der Waals surface area contributed by atoms with Crippen LogP contribution >= 0.6 is 0 Å². The summed E-state index contributed by atoms with van der Waals surface area (Å²) in [5.74, 6) is -0.0775. The first-order chi connectivity index (χ1) is 5.25. The van der Waals surface area contributed by atoms with Gasteiger partial charge in [0, 0.05) is 0 Å². The Balaban J connectivity index is 2.27. The molecule has 0 aromatic carbocycles. The van der Waals surface area contributed by atoms with E-state index < -0.39 is 6.04 Å². The van der Waals surface area contributed by atoms with Gasteiger partial charge in [0.05, 0.1) is 6.61 Å². The summed E-state index contributed by atoms with van der Waals surface area (Å²) in [6.45, 7) is 2.16. The van der Waals surface area contributed by atoms with Crippen molar-refractivity contribution in [3.8, 4) is 0 Å². The Bertz CT molecular complexity index is 143. The smallest absolute Gasteiger partial charge is 0.324 e. The highest BCUT2D eigenvalue weighted by molar-refractivity contribution is 5.75. The molecule has 0 spiro atoms. The standard InChI is InChI=1S/C8H14NO2/c1-2-11-8(10)7(9)6-4-3-5-6/h6-7,9H,2-5H2,1H3. The van der Waals surface area contributed by atoms with Crippen LogP contribution in [0.25, 0.3) is 0 Å². The van der Waals surface area contributed by atoms with Gasteiger partial charge in [0.1, 0.15) is 6.04 Å². The van der Waals surface area contributed by atoms with Crippen molar-refractivity contribution in [1.82, 2.24) is 5.73 Å². The van der Waals surface area contributed by atoms with Gasteiger partial charge in [-0.05, 0) is 25.7 Å². The van der Waals surface area contributed by atoms with Crippen LogP contribution in [0.3, 0.4) is 0 Å². The topological polar surface area (TPSA) is 50.1 Å². The van der Waals surface area contributed by atoms with E-state index in [1.54, 1.807) is 6.92 Å². The Morgan fingerprint density at radius 2 is 2.36 bits per heavy atom. The molecule has 3 nitrogen and oxygen atoms in total. The molecule has 1 aliphatic carbocycles. The number of carbonyl (C=O) groups excluding carboxylic acids is 1. The third-order valence-corrected chi connectivity index (χ3v) is 2.16. The predicted octanol–water partition coefficient (Wildman–Crippen LogP) is 1.00. The number of esters is 1. The molecule has 11 heavy (non-hydrogen) atoms. The Hall–Kier alpha value is -0.570. The van der Waals surface area contributed by atoms with Crippen molar-refractivity contribution in [3.63, 3.8) is 0 Å². The minimum Gasteiger partial charge on any atom is -0.465 e. The lowest BCUT2D eigenvalue weighted by Gasteiger charge is -2.28. The molecule has 0 heterocycles. The molecule has 0 bridgehead atoms. The molecule has 1 saturated carbocycles. The van der Waals surface area contributed by atoms with Crippen molar-refractivity contribution in [3.05, 3.63) is 0 Å². The first-order valence-electron chi connectivity index (χ1n) is 4.13. The number of rotatable bonds is 3. The van der Waals surface area contributed by atoms with E-state index in [1.165, 1.54) is 6.42 Å². The van der Waals surface area contributed by atoms with E-state index in [2.05, 4.69) is 0 Å². The van der Waals surface area contributed by atoms with Crippen LogP contribution in [-0.2, 0) is 9.53 Å². The van der Waals surface area contributed by atoms with E-state index in [0.29, 0.717) is 6.61 Å². The first kappa shape index (κ1) is 8.53.